The first-order valence-corrected chi connectivity index (χ1v) is 10.8. The molecular weight excluding hydrogens is 476 g/mol. The summed E-state index contributed by atoms with van der Waals surface area (Å²) in [4.78, 5) is 50.3. The predicted octanol–water partition coefficient (Wildman–Crippen LogP) is 0.953. The van der Waals surface area contributed by atoms with Crippen molar-refractivity contribution >= 4 is 58.8 Å². The zero-order valence-corrected chi connectivity index (χ0v) is 18.9. The topological polar surface area (TPSA) is 95.6 Å². The van der Waals surface area contributed by atoms with E-state index >= 15 is 0 Å². The number of benzene rings is 2. The maximum absolute atomic E-state index is 14.7. The van der Waals surface area contributed by atoms with Crippen molar-refractivity contribution in [2.24, 2.45) is 0 Å². The normalized spacial score (nSPS) is 20.4. The Morgan fingerprint density at radius 2 is 1.71 bits per heavy atom. The lowest BCUT2D eigenvalue weighted by atomic mass is 9.57. The molecule has 0 saturated carbocycles. The fourth-order valence-electron chi connectivity index (χ4n) is 4.00. The molecule has 2 aliphatic rings. The predicted molar refractivity (Wildman–Crippen MR) is 124 cm³/mol. The van der Waals surface area contributed by atoms with Gasteiger partial charge in [0.1, 0.15) is 7.85 Å². The molecule has 1 fully saturated rings. The van der Waals surface area contributed by atoms with Crippen molar-refractivity contribution in [1.82, 2.24) is 15.5 Å². The zero-order valence-electron chi connectivity index (χ0n) is 18.1. The molecule has 35 heavy (non-hydrogen) atoms. The quantitative estimate of drug-likeness (QED) is 0.481. The molecule has 172 valence electrons. The summed E-state index contributed by atoms with van der Waals surface area (Å²) >= 11 is 5.71. The molecule has 2 aromatic carbocycles. The number of piperidine rings is 1. The molecule has 2 heterocycles. The molecule has 0 unspecified atom stereocenters. The fraction of sp³-hybridized carbons (Fsp3) is 0.273. The number of nitrogens with zero attached hydrogens (tertiary/aromatic N) is 1. The second-order valence-corrected chi connectivity index (χ2v) is 8.91. The van der Waals surface area contributed by atoms with Crippen LogP contribution in [0.15, 0.2) is 42.5 Å². The molecule has 0 spiro atoms. The Balaban J connectivity index is 1.56. The minimum absolute atomic E-state index is 0.0282. The Hall–Kier alpha value is -3.14. The van der Waals surface area contributed by atoms with Crippen molar-refractivity contribution in [3.05, 3.63) is 69.7 Å². The van der Waals surface area contributed by atoms with E-state index in [0.717, 1.165) is 17.0 Å². The number of carbonyl (C=O) groups is 4. The Morgan fingerprint density at radius 1 is 1.09 bits per heavy atom. The van der Waals surface area contributed by atoms with Crippen LogP contribution in [0.5, 0.6) is 0 Å². The average Bonchev–Trinajstić information content (AvgIpc) is 3.13. The van der Waals surface area contributed by atoms with Crippen LogP contribution < -0.4 is 10.6 Å². The summed E-state index contributed by atoms with van der Waals surface area (Å²) in [6.07, 6.45) is -0.117. The van der Waals surface area contributed by atoms with E-state index in [-0.39, 0.29) is 35.5 Å². The number of hydrogen-bond acceptors (Lipinski definition) is 4. The Labute approximate surface area is 208 Å². The van der Waals surface area contributed by atoms with E-state index in [4.69, 9.17) is 35.1 Å². The summed E-state index contributed by atoms with van der Waals surface area (Å²) < 4.78 is 29.3. The van der Waals surface area contributed by atoms with Crippen molar-refractivity contribution in [3.63, 3.8) is 0 Å². The monoisotopic (exact) mass is 491 g/mol. The number of alkyl halides is 2. The van der Waals surface area contributed by atoms with E-state index in [1.807, 2.05) is 5.32 Å². The molecule has 13 heteroatoms. The number of fused-ring (bicyclic) bond motifs is 1. The van der Waals surface area contributed by atoms with Crippen molar-refractivity contribution in [2.45, 2.75) is 36.1 Å². The van der Waals surface area contributed by atoms with E-state index in [2.05, 4.69) is 5.32 Å². The van der Waals surface area contributed by atoms with E-state index in [1.165, 1.54) is 30.3 Å². The van der Waals surface area contributed by atoms with Gasteiger partial charge in [-0.05, 0) is 41.1 Å². The maximum atomic E-state index is 14.7. The van der Waals surface area contributed by atoms with Gasteiger partial charge in [-0.25, -0.2) is 0 Å². The van der Waals surface area contributed by atoms with Gasteiger partial charge in [-0.1, -0.05) is 35.9 Å². The molecular formula is C22H15B3ClF2N3O4. The summed E-state index contributed by atoms with van der Waals surface area (Å²) in [7, 11) is 18.1. The number of carbonyl (C=O) groups excluding carboxylic acids is 4. The van der Waals surface area contributed by atoms with Gasteiger partial charge in [0.15, 0.2) is 0 Å². The van der Waals surface area contributed by atoms with E-state index in [9.17, 15) is 28.0 Å². The highest BCUT2D eigenvalue weighted by atomic mass is 35.5. The molecule has 4 amide bonds. The van der Waals surface area contributed by atoms with E-state index < -0.39 is 45.9 Å². The van der Waals surface area contributed by atoms with Crippen LogP contribution in [0, 0.1) is 0 Å². The lowest BCUT2D eigenvalue weighted by Gasteiger charge is -2.40. The first-order chi connectivity index (χ1) is 16.3. The smallest absolute Gasteiger partial charge is 0.349 e. The second kappa shape index (κ2) is 8.51. The highest BCUT2D eigenvalue weighted by Crippen LogP contribution is 2.35. The lowest BCUT2D eigenvalue weighted by Crippen LogP contribution is -2.63. The molecule has 0 aromatic heterocycles. The van der Waals surface area contributed by atoms with Crippen molar-refractivity contribution in [1.29, 1.82) is 0 Å². The number of halogens is 3. The SMILES string of the molecule is [B]C([B])(NC(=O)C(F)(F)c1ccc(Cl)cc1)c1ccc2c(c1)CN([C@@]1([B])CCC(=O)NC1=O)C2=O. The van der Waals surface area contributed by atoms with Gasteiger partial charge in [0, 0.05) is 29.1 Å². The third-order valence-corrected chi connectivity index (χ3v) is 6.31. The minimum Gasteiger partial charge on any atom is -0.358 e. The van der Waals surface area contributed by atoms with Crippen molar-refractivity contribution in [2.75, 3.05) is 0 Å². The zero-order chi connectivity index (χ0) is 25.8. The van der Waals surface area contributed by atoms with Gasteiger partial charge in [0.25, 0.3) is 11.8 Å². The van der Waals surface area contributed by atoms with Crippen LogP contribution in [0.3, 0.4) is 0 Å². The van der Waals surface area contributed by atoms with Gasteiger partial charge in [-0.2, -0.15) is 8.78 Å². The van der Waals surface area contributed by atoms with E-state index in [1.54, 1.807) is 0 Å². The molecule has 1 saturated heterocycles. The van der Waals surface area contributed by atoms with E-state index in [0.29, 0.717) is 5.56 Å². The van der Waals surface area contributed by atoms with Gasteiger partial charge in [-0.15, -0.1) is 0 Å². The van der Waals surface area contributed by atoms with Gasteiger partial charge in [-0.3, -0.25) is 24.5 Å². The number of nitrogens with one attached hydrogen (secondary N) is 2. The summed E-state index contributed by atoms with van der Waals surface area (Å²) in [6.45, 7) is -0.120. The van der Waals surface area contributed by atoms with Crippen LogP contribution in [0.25, 0.3) is 0 Å². The molecule has 0 bridgehead atoms. The molecule has 4 rings (SSSR count). The highest BCUT2D eigenvalue weighted by Gasteiger charge is 2.48. The lowest BCUT2D eigenvalue weighted by molar-refractivity contribution is -0.147. The van der Waals surface area contributed by atoms with Gasteiger partial charge in [0.2, 0.25) is 11.8 Å². The maximum Gasteiger partial charge on any atom is 0.349 e. The second-order valence-electron chi connectivity index (χ2n) is 8.47. The van der Waals surface area contributed by atoms with Gasteiger partial charge >= 0.3 is 5.92 Å². The first kappa shape index (κ1) is 25.0. The number of hydrogen-bond donors (Lipinski definition) is 2. The number of rotatable bonds is 5. The molecule has 2 aliphatic heterocycles. The van der Waals surface area contributed by atoms with Crippen LogP contribution in [0.4, 0.5) is 8.78 Å². The summed E-state index contributed by atoms with van der Waals surface area (Å²) in [5, 5.41) is 2.04. The largest absolute Gasteiger partial charge is 0.358 e. The fourth-order valence-corrected chi connectivity index (χ4v) is 4.13. The van der Waals surface area contributed by atoms with Crippen molar-refractivity contribution in [3.8, 4) is 0 Å². The standard InChI is InChI=1S/C22H15B3ClF2N3O4/c23-20(8-7-16(32)29-18(20)34)31-10-11-9-13(3-6-15(11)17(31)33)22(24,25)30-19(35)21(27,28)12-1-4-14(26)5-2-12/h1-6,9H,7-8,10H2,(H,30,35)(H,29,32,34)/t20-/m0/s1. The molecule has 2 N–H and O–H groups in total. The van der Waals surface area contributed by atoms with Crippen LogP contribution in [0.2, 0.25) is 5.02 Å². The molecule has 2 aromatic rings. The summed E-state index contributed by atoms with van der Waals surface area (Å²) in [6, 6.07) is 8.45. The molecule has 1 atom stereocenters. The number of amides is 4. The molecule has 7 nitrogen and oxygen atoms in total. The van der Waals surface area contributed by atoms with Crippen LogP contribution in [0.1, 0.15) is 39.9 Å². The Morgan fingerprint density at radius 3 is 2.34 bits per heavy atom. The molecule has 6 radical (unpaired) electrons. The highest BCUT2D eigenvalue weighted by molar-refractivity contribution is 6.40. The average molecular weight is 491 g/mol. The molecule has 0 aliphatic carbocycles. The van der Waals surface area contributed by atoms with Crippen LogP contribution in [-0.2, 0) is 32.2 Å². The van der Waals surface area contributed by atoms with Crippen LogP contribution in [-0.4, -0.2) is 57.5 Å². The minimum atomic E-state index is -3.96. The van der Waals surface area contributed by atoms with Crippen molar-refractivity contribution < 1.29 is 28.0 Å². The first-order valence-electron chi connectivity index (χ1n) is 10.4. The third-order valence-electron chi connectivity index (χ3n) is 6.06. The van der Waals surface area contributed by atoms with Crippen LogP contribution >= 0.6 is 11.6 Å². The number of imide groups is 1. The van der Waals surface area contributed by atoms with Gasteiger partial charge in [0.05, 0.1) is 21.1 Å². The third kappa shape index (κ3) is 4.35. The Bertz CT molecular complexity index is 1260. The Kier molecular flexibility index (Phi) is 6.07. The van der Waals surface area contributed by atoms with Gasteiger partial charge < -0.3 is 10.2 Å². The summed E-state index contributed by atoms with van der Waals surface area (Å²) in [5.41, 5.74) is -1.78. The summed E-state index contributed by atoms with van der Waals surface area (Å²) in [5.74, 6) is -7.57.